The van der Waals surface area contributed by atoms with Crippen molar-refractivity contribution in [1.29, 1.82) is 0 Å². The highest BCUT2D eigenvalue weighted by Crippen LogP contribution is 2.40. The molecular formula is C29H43N7O. The molecule has 37 heavy (non-hydrogen) atoms. The molecule has 2 fully saturated rings. The molecule has 0 radical (unpaired) electrons. The van der Waals surface area contributed by atoms with Gasteiger partial charge >= 0.3 is 0 Å². The van der Waals surface area contributed by atoms with E-state index in [9.17, 15) is 0 Å². The number of nitrogens with one attached hydrogen (secondary N) is 2. The van der Waals surface area contributed by atoms with E-state index in [1.54, 1.807) is 7.11 Å². The molecule has 2 aliphatic rings. The van der Waals surface area contributed by atoms with Gasteiger partial charge in [0.05, 0.1) is 19.2 Å². The number of unbranched alkanes of at least 4 members (excludes halogenated alkanes) is 2. The molecule has 0 unspecified atom stereocenters. The second kappa shape index (κ2) is 11.7. The average Bonchev–Trinajstić information content (AvgIpc) is 3.31. The summed E-state index contributed by atoms with van der Waals surface area (Å²) in [4.78, 5) is 11.6. The molecule has 0 amide bonds. The van der Waals surface area contributed by atoms with Crippen LogP contribution in [-0.2, 0) is 13.1 Å². The van der Waals surface area contributed by atoms with Crippen LogP contribution in [-0.4, -0.2) is 59.3 Å². The summed E-state index contributed by atoms with van der Waals surface area (Å²) < 4.78 is 8.05. The fraction of sp³-hybridized carbons (Fsp3) is 0.586. The summed E-state index contributed by atoms with van der Waals surface area (Å²) in [5.41, 5.74) is 10.9. The van der Waals surface area contributed by atoms with E-state index in [1.165, 1.54) is 70.3 Å². The molecule has 2 aromatic heterocycles. The Morgan fingerprint density at radius 3 is 2.62 bits per heavy atom. The van der Waals surface area contributed by atoms with Crippen LogP contribution in [0.3, 0.4) is 0 Å². The molecule has 8 nitrogen and oxygen atoms in total. The van der Waals surface area contributed by atoms with E-state index in [2.05, 4.69) is 61.4 Å². The first-order valence-corrected chi connectivity index (χ1v) is 14.0. The SMILES string of the molecule is CCCCCNc1nc(N)nc2ccn(Cc3ccc(CN4CCC5(CCNCC5)CC4)cc3OC)c12. The normalized spacial score (nSPS) is 17.9. The van der Waals surface area contributed by atoms with Crippen molar-refractivity contribution in [3.05, 3.63) is 41.6 Å². The number of piperidine rings is 2. The number of likely N-dealkylation sites (tertiary alicyclic amines) is 1. The number of anilines is 2. The van der Waals surface area contributed by atoms with Gasteiger partial charge in [-0.15, -0.1) is 0 Å². The molecule has 4 heterocycles. The quantitative estimate of drug-likeness (QED) is 0.346. The van der Waals surface area contributed by atoms with Gasteiger partial charge in [0.2, 0.25) is 5.95 Å². The lowest BCUT2D eigenvalue weighted by molar-refractivity contribution is 0.0701. The molecule has 1 spiro atoms. The van der Waals surface area contributed by atoms with Gasteiger partial charge in [0.25, 0.3) is 0 Å². The highest BCUT2D eigenvalue weighted by molar-refractivity contribution is 5.87. The van der Waals surface area contributed by atoms with Crippen molar-refractivity contribution >= 4 is 22.8 Å². The fourth-order valence-electron chi connectivity index (χ4n) is 6.06. The minimum absolute atomic E-state index is 0.300. The summed E-state index contributed by atoms with van der Waals surface area (Å²) in [5.74, 6) is 2.03. The van der Waals surface area contributed by atoms with Crippen LogP contribution in [0.15, 0.2) is 30.5 Å². The van der Waals surface area contributed by atoms with Gasteiger partial charge in [0, 0.05) is 24.8 Å². The molecule has 0 aliphatic carbocycles. The first-order valence-electron chi connectivity index (χ1n) is 14.0. The summed E-state index contributed by atoms with van der Waals surface area (Å²) in [5, 5.41) is 7.01. The van der Waals surface area contributed by atoms with Crippen LogP contribution in [0.25, 0.3) is 11.0 Å². The zero-order valence-electron chi connectivity index (χ0n) is 22.6. The number of benzene rings is 1. The van der Waals surface area contributed by atoms with Crippen molar-refractivity contribution in [3.8, 4) is 5.75 Å². The standard InChI is InChI=1S/C29H43N7O/c1-3-4-5-13-32-27-26-24(33-28(30)34-27)8-16-36(26)21-23-7-6-22(19-25(23)37-2)20-35-17-11-29(12-18-35)9-14-31-15-10-29/h6-8,16,19,31H,3-5,9-15,17-18,20-21H2,1-2H3,(H3,30,32,33,34). The fourth-order valence-corrected chi connectivity index (χ4v) is 6.06. The van der Waals surface area contributed by atoms with E-state index in [1.807, 2.05) is 6.07 Å². The maximum Gasteiger partial charge on any atom is 0.222 e. The van der Waals surface area contributed by atoms with Crippen molar-refractivity contribution in [2.75, 3.05) is 50.9 Å². The second-order valence-corrected chi connectivity index (χ2v) is 10.9. The summed E-state index contributed by atoms with van der Waals surface area (Å²) in [6, 6.07) is 8.70. The Balaban J connectivity index is 1.28. The van der Waals surface area contributed by atoms with Crippen LogP contribution in [0, 0.1) is 5.41 Å². The first kappa shape index (κ1) is 25.8. The maximum atomic E-state index is 6.00. The number of nitrogens with two attached hydrogens (primary N) is 1. The lowest BCUT2D eigenvalue weighted by atomic mass is 9.71. The third-order valence-corrected chi connectivity index (χ3v) is 8.38. The number of aromatic nitrogens is 3. The van der Waals surface area contributed by atoms with Gasteiger partial charge in [-0.2, -0.15) is 4.98 Å². The summed E-state index contributed by atoms with van der Waals surface area (Å²) in [6.07, 6.45) is 10.9. The Hall–Kier alpha value is -2.84. The number of fused-ring (bicyclic) bond motifs is 1. The van der Waals surface area contributed by atoms with E-state index < -0.39 is 0 Å². The predicted molar refractivity (Wildman–Crippen MR) is 151 cm³/mol. The Bertz CT molecular complexity index is 1170. The third kappa shape index (κ3) is 6.02. The highest BCUT2D eigenvalue weighted by Gasteiger charge is 2.35. The molecular weight excluding hydrogens is 462 g/mol. The van der Waals surface area contributed by atoms with Gasteiger partial charge in [-0.1, -0.05) is 31.9 Å². The van der Waals surface area contributed by atoms with E-state index >= 15 is 0 Å². The number of hydrogen-bond donors (Lipinski definition) is 3. The summed E-state index contributed by atoms with van der Waals surface area (Å²) >= 11 is 0. The zero-order chi connectivity index (χ0) is 25.7. The van der Waals surface area contributed by atoms with Gasteiger partial charge in [0.15, 0.2) is 5.82 Å². The lowest BCUT2D eigenvalue weighted by Crippen LogP contribution is -2.45. The highest BCUT2D eigenvalue weighted by atomic mass is 16.5. The van der Waals surface area contributed by atoms with Crippen LogP contribution < -0.4 is 21.1 Å². The number of ether oxygens (including phenoxy) is 1. The molecule has 0 bridgehead atoms. The molecule has 2 aliphatic heterocycles. The number of nitrogen functional groups attached to an aromatic ring is 1. The topological polar surface area (TPSA) is 93.3 Å². The van der Waals surface area contributed by atoms with Gasteiger partial charge in [-0.3, -0.25) is 4.90 Å². The molecule has 200 valence electrons. The number of nitrogens with zero attached hydrogens (tertiary/aromatic N) is 4. The maximum absolute atomic E-state index is 6.00. The van der Waals surface area contributed by atoms with E-state index in [0.717, 1.165) is 47.7 Å². The van der Waals surface area contributed by atoms with Gasteiger partial charge < -0.3 is 25.7 Å². The minimum Gasteiger partial charge on any atom is -0.496 e. The summed E-state index contributed by atoms with van der Waals surface area (Å²) in [7, 11) is 1.77. The number of hydrogen-bond acceptors (Lipinski definition) is 7. The van der Waals surface area contributed by atoms with E-state index in [4.69, 9.17) is 10.5 Å². The smallest absolute Gasteiger partial charge is 0.222 e. The molecule has 4 N–H and O–H groups in total. The third-order valence-electron chi connectivity index (χ3n) is 8.38. The van der Waals surface area contributed by atoms with Gasteiger partial charge in [-0.25, -0.2) is 4.98 Å². The van der Waals surface area contributed by atoms with Crippen molar-refractivity contribution in [2.24, 2.45) is 5.41 Å². The molecule has 3 aromatic rings. The van der Waals surface area contributed by atoms with Crippen molar-refractivity contribution in [3.63, 3.8) is 0 Å². The zero-order valence-corrected chi connectivity index (χ0v) is 22.6. The van der Waals surface area contributed by atoms with Crippen molar-refractivity contribution < 1.29 is 4.74 Å². The van der Waals surface area contributed by atoms with Crippen LogP contribution in [0.1, 0.15) is 63.0 Å². The van der Waals surface area contributed by atoms with E-state index in [0.29, 0.717) is 17.9 Å². The van der Waals surface area contributed by atoms with Crippen molar-refractivity contribution in [1.82, 2.24) is 24.8 Å². The van der Waals surface area contributed by atoms with Crippen LogP contribution in [0.5, 0.6) is 5.75 Å². The molecule has 8 heteroatoms. The number of rotatable bonds is 10. The molecule has 2 saturated heterocycles. The summed E-state index contributed by atoms with van der Waals surface area (Å²) in [6.45, 7) is 9.50. The Labute approximate surface area is 221 Å². The molecule has 0 saturated carbocycles. The average molecular weight is 506 g/mol. The molecule has 1 aromatic carbocycles. The van der Waals surface area contributed by atoms with Crippen LogP contribution >= 0.6 is 0 Å². The molecule has 0 atom stereocenters. The van der Waals surface area contributed by atoms with Crippen molar-refractivity contribution in [2.45, 2.75) is 65.0 Å². The second-order valence-electron chi connectivity index (χ2n) is 10.9. The minimum atomic E-state index is 0.300. The lowest BCUT2D eigenvalue weighted by Gasteiger charge is -2.44. The Morgan fingerprint density at radius 2 is 1.86 bits per heavy atom. The van der Waals surface area contributed by atoms with Gasteiger partial charge in [-0.05, 0) is 81.4 Å². The van der Waals surface area contributed by atoms with Gasteiger partial charge in [0.1, 0.15) is 11.3 Å². The predicted octanol–water partition coefficient (Wildman–Crippen LogP) is 4.64. The molecule has 5 rings (SSSR count). The largest absolute Gasteiger partial charge is 0.496 e. The van der Waals surface area contributed by atoms with E-state index in [-0.39, 0.29) is 0 Å². The van der Waals surface area contributed by atoms with Crippen LogP contribution in [0.2, 0.25) is 0 Å². The first-order chi connectivity index (χ1) is 18.1. The number of methoxy groups -OCH3 is 1. The Morgan fingerprint density at radius 1 is 1.05 bits per heavy atom. The van der Waals surface area contributed by atoms with Crippen LogP contribution in [0.4, 0.5) is 11.8 Å². The Kier molecular flexibility index (Phi) is 8.15. The monoisotopic (exact) mass is 505 g/mol.